The zero-order chi connectivity index (χ0) is 28.0. The van der Waals surface area contributed by atoms with Crippen molar-refractivity contribution in [3.63, 3.8) is 0 Å². The van der Waals surface area contributed by atoms with Crippen LogP contribution in [0.5, 0.6) is 0 Å². The summed E-state index contributed by atoms with van der Waals surface area (Å²) in [6.07, 6.45) is 5.11. The van der Waals surface area contributed by atoms with Crippen LogP contribution in [0.4, 0.5) is 0 Å². The lowest BCUT2D eigenvalue weighted by Crippen LogP contribution is -2.39. The van der Waals surface area contributed by atoms with Crippen LogP contribution in [-0.2, 0) is 27.8 Å². The molecule has 0 heterocycles. The Morgan fingerprint density at radius 3 is 2.36 bits per heavy atom. The van der Waals surface area contributed by atoms with Crippen molar-refractivity contribution in [2.75, 3.05) is 0 Å². The average molecular weight is 563 g/mol. The second-order valence-corrected chi connectivity index (χ2v) is 11.8. The number of primary sulfonamides is 1. The summed E-state index contributed by atoms with van der Waals surface area (Å²) in [5.41, 5.74) is 10.1. The molecule has 1 fully saturated rings. The number of aliphatic imine (C=N–C) groups is 1. The third-order valence-electron chi connectivity index (χ3n) is 7.02. The Labute approximate surface area is 236 Å². The van der Waals surface area contributed by atoms with Crippen molar-refractivity contribution in [3.05, 3.63) is 89.5 Å². The highest BCUT2D eigenvalue weighted by Gasteiger charge is 2.27. The maximum Gasteiger partial charge on any atom is 0.238 e. The number of rotatable bonds is 9. The summed E-state index contributed by atoms with van der Waals surface area (Å²) in [7, 11) is -3.86. The van der Waals surface area contributed by atoms with E-state index in [0.29, 0.717) is 29.4 Å². The Bertz CT molecular complexity index is 1480. The van der Waals surface area contributed by atoms with Crippen molar-refractivity contribution < 1.29 is 13.2 Å². The molecule has 0 bridgehead atoms. The molecule has 3 aromatic rings. The Morgan fingerprint density at radius 2 is 1.69 bits per heavy atom. The van der Waals surface area contributed by atoms with E-state index in [1.807, 2.05) is 60.4 Å². The van der Waals surface area contributed by atoms with Gasteiger partial charge in [-0.1, -0.05) is 92.6 Å². The fraction of sp³-hybridized carbons (Fsp3) is 0.300. The van der Waals surface area contributed by atoms with Gasteiger partial charge in [-0.3, -0.25) is 4.79 Å². The smallest absolute Gasteiger partial charge is 0.238 e. The number of hydrogen-bond acceptors (Lipinski definition) is 4. The van der Waals surface area contributed by atoms with Gasteiger partial charge in [-0.05, 0) is 48.1 Å². The number of sulfonamides is 1. The topological polar surface area (TPSA) is 119 Å². The molecule has 1 aliphatic carbocycles. The molecule has 0 spiro atoms. The summed E-state index contributed by atoms with van der Waals surface area (Å²) in [6.45, 7) is 2.43. The minimum atomic E-state index is -3.86. The van der Waals surface area contributed by atoms with E-state index in [4.69, 9.17) is 23.1 Å². The summed E-state index contributed by atoms with van der Waals surface area (Å²) in [5.74, 6) is 0.435. The van der Waals surface area contributed by atoms with E-state index in [-0.39, 0.29) is 23.3 Å². The van der Waals surface area contributed by atoms with Gasteiger partial charge < -0.3 is 10.6 Å². The van der Waals surface area contributed by atoms with Crippen LogP contribution < -0.4 is 10.9 Å². The molecule has 9 heteroatoms. The number of carbonyl (C=O) groups excluding carboxylic acids is 1. The van der Waals surface area contributed by atoms with Crippen molar-refractivity contribution in [1.82, 2.24) is 4.90 Å². The second kappa shape index (κ2) is 12.6. The van der Waals surface area contributed by atoms with Gasteiger partial charge >= 0.3 is 0 Å². The first-order chi connectivity index (χ1) is 18.7. The SMILES string of the molecule is CCC(=S)N=C(N)c1cccc(CN(C(=O)Cc2ccc(-c3ccccc3S(N)(=O)=O)cc2)C2CCCC2)c1. The van der Waals surface area contributed by atoms with Crippen LogP contribution >= 0.6 is 12.2 Å². The van der Waals surface area contributed by atoms with Gasteiger partial charge in [-0.25, -0.2) is 18.5 Å². The van der Waals surface area contributed by atoms with E-state index >= 15 is 0 Å². The minimum Gasteiger partial charge on any atom is -0.383 e. The van der Waals surface area contributed by atoms with Crippen molar-refractivity contribution in [2.45, 2.75) is 62.9 Å². The molecular weight excluding hydrogens is 528 g/mol. The number of amides is 1. The van der Waals surface area contributed by atoms with Crippen LogP contribution in [0.2, 0.25) is 0 Å². The molecule has 39 heavy (non-hydrogen) atoms. The number of carbonyl (C=O) groups is 1. The van der Waals surface area contributed by atoms with Crippen molar-refractivity contribution in [2.24, 2.45) is 15.9 Å². The van der Waals surface area contributed by atoms with Gasteiger partial charge in [0.2, 0.25) is 15.9 Å². The Hall–Kier alpha value is -3.40. The van der Waals surface area contributed by atoms with Crippen LogP contribution in [-0.4, -0.2) is 36.1 Å². The van der Waals surface area contributed by atoms with Gasteiger partial charge in [-0.15, -0.1) is 0 Å². The summed E-state index contributed by atoms with van der Waals surface area (Å²) in [4.78, 5) is 20.5. The predicted molar refractivity (Wildman–Crippen MR) is 160 cm³/mol. The van der Waals surface area contributed by atoms with Gasteiger partial charge in [0.05, 0.1) is 11.3 Å². The number of thiocarbonyl (C=S) groups is 1. The third kappa shape index (κ3) is 7.38. The normalized spacial score (nSPS) is 14.4. The van der Waals surface area contributed by atoms with Gasteiger partial charge in [0.25, 0.3) is 0 Å². The highest BCUT2D eigenvalue weighted by Crippen LogP contribution is 2.28. The van der Waals surface area contributed by atoms with Crippen LogP contribution in [0.3, 0.4) is 0 Å². The largest absolute Gasteiger partial charge is 0.383 e. The van der Waals surface area contributed by atoms with Crippen LogP contribution in [0, 0.1) is 0 Å². The van der Waals surface area contributed by atoms with E-state index in [1.54, 1.807) is 18.2 Å². The average Bonchev–Trinajstić information content (AvgIpc) is 3.46. The van der Waals surface area contributed by atoms with Crippen LogP contribution in [0.1, 0.15) is 55.7 Å². The first-order valence-corrected chi connectivity index (χ1v) is 15.1. The molecule has 0 aliphatic heterocycles. The fourth-order valence-electron chi connectivity index (χ4n) is 4.97. The molecule has 0 atom stereocenters. The van der Waals surface area contributed by atoms with Gasteiger partial charge in [-0.2, -0.15) is 0 Å². The lowest BCUT2D eigenvalue weighted by molar-refractivity contribution is -0.133. The third-order valence-corrected chi connectivity index (χ3v) is 8.37. The van der Waals surface area contributed by atoms with Crippen molar-refractivity contribution >= 4 is 39.0 Å². The Morgan fingerprint density at radius 1 is 1.00 bits per heavy atom. The van der Waals surface area contributed by atoms with Crippen LogP contribution in [0.25, 0.3) is 11.1 Å². The molecule has 3 aromatic carbocycles. The number of benzene rings is 3. The molecule has 0 saturated heterocycles. The zero-order valence-corrected chi connectivity index (χ0v) is 23.7. The Kier molecular flexibility index (Phi) is 9.27. The van der Waals surface area contributed by atoms with Gasteiger partial charge in [0.15, 0.2) is 0 Å². The number of nitrogens with two attached hydrogens (primary N) is 2. The van der Waals surface area contributed by atoms with E-state index in [9.17, 15) is 13.2 Å². The molecule has 1 saturated carbocycles. The molecular formula is C30H34N4O3S2. The second-order valence-electron chi connectivity index (χ2n) is 9.82. The molecule has 4 rings (SSSR count). The monoisotopic (exact) mass is 562 g/mol. The maximum atomic E-state index is 13.6. The lowest BCUT2D eigenvalue weighted by Gasteiger charge is -2.29. The van der Waals surface area contributed by atoms with Crippen molar-refractivity contribution in [3.8, 4) is 11.1 Å². The predicted octanol–water partition coefficient (Wildman–Crippen LogP) is 4.96. The first kappa shape index (κ1) is 28.6. The summed E-state index contributed by atoms with van der Waals surface area (Å²) >= 11 is 5.21. The van der Waals surface area contributed by atoms with E-state index < -0.39 is 10.0 Å². The summed E-state index contributed by atoms with van der Waals surface area (Å²) in [5, 5.41) is 5.40. The number of nitrogens with zero attached hydrogens (tertiary/aromatic N) is 2. The van der Waals surface area contributed by atoms with Crippen molar-refractivity contribution in [1.29, 1.82) is 0 Å². The molecule has 4 N–H and O–H groups in total. The van der Waals surface area contributed by atoms with Gasteiger partial charge in [0, 0.05) is 23.7 Å². The fourth-order valence-corrected chi connectivity index (χ4v) is 5.83. The molecule has 1 aliphatic rings. The van der Waals surface area contributed by atoms with Gasteiger partial charge in [0.1, 0.15) is 10.8 Å². The van der Waals surface area contributed by atoms with E-state index in [2.05, 4.69) is 4.99 Å². The number of amidine groups is 1. The standard InChI is InChI=1S/C30H34N4O3S2/c1-2-28(38)33-30(31)24-9-7-8-22(18-24)20-34(25-10-3-4-11-25)29(35)19-21-14-16-23(17-15-21)26-12-5-6-13-27(26)39(32,36)37/h5-9,12-18,25H,2-4,10-11,19-20H2,1H3,(H2,31,33,38)(H2,32,36,37). The highest BCUT2D eigenvalue weighted by molar-refractivity contribution is 7.89. The first-order valence-electron chi connectivity index (χ1n) is 13.1. The zero-order valence-electron chi connectivity index (χ0n) is 22.0. The maximum absolute atomic E-state index is 13.6. The number of hydrogen-bond donors (Lipinski definition) is 2. The minimum absolute atomic E-state index is 0.0544. The van der Waals surface area contributed by atoms with E-state index in [1.165, 1.54) is 6.07 Å². The molecule has 1 amide bonds. The molecule has 0 aromatic heterocycles. The summed E-state index contributed by atoms with van der Waals surface area (Å²) < 4.78 is 24.0. The van der Waals surface area contributed by atoms with E-state index in [0.717, 1.165) is 47.9 Å². The molecule has 0 unspecified atom stereocenters. The lowest BCUT2D eigenvalue weighted by atomic mass is 10.0. The quantitative estimate of drug-likeness (QED) is 0.217. The van der Waals surface area contributed by atoms with Crippen LogP contribution in [0.15, 0.2) is 82.7 Å². The molecule has 0 radical (unpaired) electrons. The molecule has 204 valence electrons. The summed E-state index contributed by atoms with van der Waals surface area (Å²) in [6, 6.07) is 22.0. The highest BCUT2D eigenvalue weighted by atomic mass is 32.2. The Balaban J connectivity index is 1.53. The molecule has 7 nitrogen and oxygen atoms in total.